The average molecular weight is 400 g/mol. The Hall–Kier alpha value is -2.47. The number of hydrogen-bond acceptors (Lipinski definition) is 2. The highest BCUT2D eigenvalue weighted by Crippen LogP contribution is 2.28. The zero-order valence-corrected chi connectivity index (χ0v) is 14.9. The topological polar surface area (TPSA) is 38.1 Å². The molecule has 0 saturated carbocycles. The van der Waals surface area contributed by atoms with Gasteiger partial charge in [0, 0.05) is 16.6 Å². The van der Waals surface area contributed by atoms with Crippen LogP contribution in [-0.2, 0) is 24.4 Å². The lowest BCUT2D eigenvalue weighted by Gasteiger charge is -2.28. The lowest BCUT2D eigenvalue weighted by molar-refractivity contribution is -0.134. The molecule has 6 heteroatoms. The van der Waals surface area contributed by atoms with Crippen LogP contribution in [-0.4, -0.2) is 20.4 Å². The molecule has 0 unspecified atom stereocenters. The number of halogens is 2. The lowest BCUT2D eigenvalue weighted by Crippen LogP contribution is -2.38. The summed E-state index contributed by atoms with van der Waals surface area (Å²) in [6.07, 6.45) is 1.72. The third-order valence-electron chi connectivity index (χ3n) is 4.35. The zero-order chi connectivity index (χ0) is 17.4. The summed E-state index contributed by atoms with van der Waals surface area (Å²) in [4.78, 5) is 18.7. The second kappa shape index (κ2) is 6.44. The third-order valence-corrected chi connectivity index (χ3v) is 4.88. The number of nitrogens with zero attached hydrogens (tertiary/aromatic N) is 3. The second-order valence-electron chi connectivity index (χ2n) is 6.05. The molecule has 0 aliphatic carbocycles. The Morgan fingerprint density at radius 1 is 1.04 bits per heavy atom. The lowest BCUT2D eigenvalue weighted by atomic mass is 10.1. The SMILES string of the molecule is O=C1Cn2cnc(-c3ccc(Br)cc3)c2CN1Cc1ccc(F)cc1. The van der Waals surface area contributed by atoms with Crippen molar-refractivity contribution < 1.29 is 9.18 Å². The first kappa shape index (κ1) is 16.0. The fourth-order valence-corrected chi connectivity index (χ4v) is 3.29. The molecular formula is C19H15BrFN3O. The van der Waals surface area contributed by atoms with Crippen LogP contribution in [0.4, 0.5) is 4.39 Å². The second-order valence-corrected chi connectivity index (χ2v) is 6.97. The molecule has 0 bridgehead atoms. The van der Waals surface area contributed by atoms with Crippen molar-refractivity contribution in [1.82, 2.24) is 14.5 Å². The maximum absolute atomic E-state index is 13.1. The predicted octanol–water partition coefficient (Wildman–Crippen LogP) is 3.99. The van der Waals surface area contributed by atoms with Crippen molar-refractivity contribution >= 4 is 21.8 Å². The van der Waals surface area contributed by atoms with Crippen LogP contribution in [0.1, 0.15) is 11.3 Å². The van der Waals surface area contributed by atoms with E-state index in [1.165, 1.54) is 12.1 Å². The van der Waals surface area contributed by atoms with E-state index < -0.39 is 0 Å². The summed E-state index contributed by atoms with van der Waals surface area (Å²) < 4.78 is 16.0. The molecule has 0 fully saturated rings. The first-order valence-corrected chi connectivity index (χ1v) is 8.71. The molecule has 25 heavy (non-hydrogen) atoms. The Labute approximate surface area is 153 Å². The van der Waals surface area contributed by atoms with Crippen LogP contribution < -0.4 is 0 Å². The molecule has 1 aliphatic heterocycles. The molecule has 1 aromatic heterocycles. The molecule has 0 spiro atoms. The number of amides is 1. The van der Waals surface area contributed by atoms with Gasteiger partial charge in [0.25, 0.3) is 0 Å². The Kier molecular flexibility index (Phi) is 4.13. The van der Waals surface area contributed by atoms with E-state index in [2.05, 4.69) is 20.9 Å². The minimum absolute atomic E-state index is 0.0385. The summed E-state index contributed by atoms with van der Waals surface area (Å²) in [5, 5.41) is 0. The Morgan fingerprint density at radius 3 is 2.48 bits per heavy atom. The molecule has 0 atom stereocenters. The van der Waals surface area contributed by atoms with Crippen LogP contribution in [0, 0.1) is 5.82 Å². The van der Waals surface area contributed by atoms with E-state index in [9.17, 15) is 9.18 Å². The third kappa shape index (κ3) is 3.22. The van der Waals surface area contributed by atoms with Gasteiger partial charge in [-0.25, -0.2) is 9.37 Å². The Morgan fingerprint density at radius 2 is 1.76 bits per heavy atom. The van der Waals surface area contributed by atoms with E-state index in [4.69, 9.17) is 0 Å². The van der Waals surface area contributed by atoms with Gasteiger partial charge in [0.2, 0.25) is 5.91 Å². The largest absolute Gasteiger partial charge is 0.331 e. The highest BCUT2D eigenvalue weighted by molar-refractivity contribution is 9.10. The molecule has 0 N–H and O–H groups in total. The molecule has 4 nitrogen and oxygen atoms in total. The van der Waals surface area contributed by atoms with E-state index >= 15 is 0 Å². The van der Waals surface area contributed by atoms with Crippen molar-refractivity contribution in [3.05, 3.63) is 76.4 Å². The number of hydrogen-bond donors (Lipinski definition) is 0. The van der Waals surface area contributed by atoms with Gasteiger partial charge >= 0.3 is 0 Å². The van der Waals surface area contributed by atoms with Crippen LogP contribution in [0.15, 0.2) is 59.3 Å². The van der Waals surface area contributed by atoms with Gasteiger partial charge in [0.15, 0.2) is 0 Å². The minimum Gasteiger partial charge on any atom is -0.331 e. The first-order valence-electron chi connectivity index (χ1n) is 7.92. The number of carbonyl (C=O) groups is 1. The molecule has 0 radical (unpaired) electrons. The van der Waals surface area contributed by atoms with Gasteiger partial charge in [-0.15, -0.1) is 0 Å². The molecule has 3 aromatic rings. The smallest absolute Gasteiger partial charge is 0.243 e. The van der Waals surface area contributed by atoms with Crippen LogP contribution >= 0.6 is 15.9 Å². The Balaban J connectivity index is 1.62. The molecular weight excluding hydrogens is 385 g/mol. The van der Waals surface area contributed by atoms with Gasteiger partial charge in [0.05, 0.1) is 24.3 Å². The van der Waals surface area contributed by atoms with Crippen molar-refractivity contribution in [2.24, 2.45) is 0 Å². The summed E-state index contributed by atoms with van der Waals surface area (Å²) in [7, 11) is 0. The van der Waals surface area contributed by atoms with Crippen molar-refractivity contribution in [3.8, 4) is 11.3 Å². The summed E-state index contributed by atoms with van der Waals surface area (Å²) in [6.45, 7) is 1.23. The number of fused-ring (bicyclic) bond motifs is 1. The fraction of sp³-hybridized carbons (Fsp3) is 0.158. The number of aromatic nitrogens is 2. The molecule has 4 rings (SSSR count). The molecule has 2 heterocycles. The molecule has 1 aliphatic rings. The van der Waals surface area contributed by atoms with E-state index in [1.807, 2.05) is 28.8 Å². The van der Waals surface area contributed by atoms with Gasteiger partial charge in [-0.05, 0) is 29.8 Å². The number of benzene rings is 2. The van der Waals surface area contributed by atoms with E-state index in [0.717, 1.165) is 27.0 Å². The van der Waals surface area contributed by atoms with Crippen LogP contribution in [0.2, 0.25) is 0 Å². The number of carbonyl (C=O) groups excluding carboxylic acids is 1. The van der Waals surface area contributed by atoms with E-state index in [-0.39, 0.29) is 18.3 Å². The highest BCUT2D eigenvalue weighted by atomic mass is 79.9. The van der Waals surface area contributed by atoms with Crippen molar-refractivity contribution in [2.75, 3.05) is 0 Å². The number of rotatable bonds is 3. The highest BCUT2D eigenvalue weighted by Gasteiger charge is 2.26. The quantitative estimate of drug-likeness (QED) is 0.667. The summed E-state index contributed by atoms with van der Waals surface area (Å²) in [6, 6.07) is 14.2. The zero-order valence-electron chi connectivity index (χ0n) is 13.3. The Bertz CT molecular complexity index is 919. The monoisotopic (exact) mass is 399 g/mol. The maximum Gasteiger partial charge on any atom is 0.243 e. The molecule has 126 valence electrons. The van der Waals surface area contributed by atoms with Gasteiger partial charge in [-0.2, -0.15) is 0 Å². The molecule has 1 amide bonds. The summed E-state index contributed by atoms with van der Waals surface area (Å²) in [5.41, 5.74) is 3.84. The maximum atomic E-state index is 13.1. The van der Waals surface area contributed by atoms with Crippen molar-refractivity contribution in [2.45, 2.75) is 19.6 Å². The van der Waals surface area contributed by atoms with Gasteiger partial charge < -0.3 is 9.47 Å². The molecule has 0 saturated heterocycles. The van der Waals surface area contributed by atoms with E-state index in [0.29, 0.717) is 13.1 Å². The van der Waals surface area contributed by atoms with Gasteiger partial charge in [0.1, 0.15) is 12.4 Å². The first-order chi connectivity index (χ1) is 12.1. The van der Waals surface area contributed by atoms with E-state index in [1.54, 1.807) is 23.4 Å². The summed E-state index contributed by atoms with van der Waals surface area (Å²) >= 11 is 3.44. The standard InChI is InChI=1S/C19H15BrFN3O/c20-15-5-3-14(4-6-15)19-17-10-23(18(25)11-24(17)12-22-19)9-13-1-7-16(21)8-2-13/h1-8,12H,9-11H2. The van der Waals surface area contributed by atoms with Crippen LogP contribution in [0.5, 0.6) is 0 Å². The van der Waals surface area contributed by atoms with Crippen molar-refractivity contribution in [3.63, 3.8) is 0 Å². The fourth-order valence-electron chi connectivity index (χ4n) is 3.03. The van der Waals surface area contributed by atoms with Crippen LogP contribution in [0.25, 0.3) is 11.3 Å². The molecule has 2 aromatic carbocycles. The number of imidazole rings is 1. The van der Waals surface area contributed by atoms with Crippen LogP contribution in [0.3, 0.4) is 0 Å². The normalized spacial score (nSPS) is 13.8. The average Bonchev–Trinajstić information content (AvgIpc) is 3.00. The summed E-state index contributed by atoms with van der Waals surface area (Å²) in [5.74, 6) is -0.235. The predicted molar refractivity (Wildman–Crippen MR) is 96.0 cm³/mol. The minimum atomic E-state index is -0.274. The van der Waals surface area contributed by atoms with Crippen molar-refractivity contribution in [1.29, 1.82) is 0 Å². The van der Waals surface area contributed by atoms with Gasteiger partial charge in [-0.1, -0.05) is 40.2 Å². The van der Waals surface area contributed by atoms with Gasteiger partial charge in [-0.3, -0.25) is 4.79 Å².